The van der Waals surface area contributed by atoms with E-state index in [2.05, 4.69) is 30.5 Å². The molecule has 1 saturated heterocycles. The third-order valence-electron chi connectivity index (χ3n) is 7.81. The second-order valence-corrected chi connectivity index (χ2v) is 10.9. The van der Waals surface area contributed by atoms with Crippen molar-refractivity contribution in [3.8, 4) is 23.3 Å². The van der Waals surface area contributed by atoms with Gasteiger partial charge in [0.05, 0.1) is 32.6 Å². The first kappa shape index (κ1) is 31.0. The number of hydrogen-bond donors (Lipinski definition) is 2. The number of pyridine rings is 1. The maximum Gasteiger partial charge on any atom is 0.257 e. The van der Waals surface area contributed by atoms with E-state index in [9.17, 15) is 14.0 Å². The smallest absolute Gasteiger partial charge is 0.257 e. The van der Waals surface area contributed by atoms with Gasteiger partial charge in [0.1, 0.15) is 34.6 Å². The van der Waals surface area contributed by atoms with E-state index in [-0.39, 0.29) is 28.7 Å². The largest absolute Gasteiger partial charge is 0.488 e. The van der Waals surface area contributed by atoms with Crippen LogP contribution in [0.15, 0.2) is 54.9 Å². The van der Waals surface area contributed by atoms with Crippen LogP contribution in [0.1, 0.15) is 19.3 Å². The molecule has 2 aromatic heterocycles. The van der Waals surface area contributed by atoms with Gasteiger partial charge in [-0.05, 0) is 55.7 Å². The van der Waals surface area contributed by atoms with Gasteiger partial charge in [-0.2, -0.15) is 4.98 Å². The Bertz CT molecular complexity index is 1730. The van der Waals surface area contributed by atoms with Crippen molar-refractivity contribution < 1.29 is 37.3 Å². The van der Waals surface area contributed by atoms with Crippen molar-refractivity contribution in [3.05, 3.63) is 66.5 Å². The van der Waals surface area contributed by atoms with Gasteiger partial charge in [-0.1, -0.05) is 0 Å². The summed E-state index contributed by atoms with van der Waals surface area (Å²) >= 11 is 0. The van der Waals surface area contributed by atoms with Crippen LogP contribution in [0.3, 0.4) is 0 Å². The Labute approximate surface area is 263 Å². The highest BCUT2D eigenvalue weighted by atomic mass is 19.1. The maximum atomic E-state index is 15.1. The molecule has 2 amide bonds. The summed E-state index contributed by atoms with van der Waals surface area (Å²) in [7, 11) is 1.47. The quantitative estimate of drug-likeness (QED) is 0.169. The molecule has 1 saturated carbocycles. The number of benzene rings is 2. The minimum Gasteiger partial charge on any atom is -0.488 e. The number of carbonyl (C=O) groups excluding carboxylic acids is 2. The van der Waals surface area contributed by atoms with Gasteiger partial charge in [-0.3, -0.25) is 14.5 Å². The Morgan fingerprint density at radius 2 is 1.74 bits per heavy atom. The Hall–Kier alpha value is -4.95. The monoisotopic (exact) mass is 634 g/mol. The van der Waals surface area contributed by atoms with Crippen LogP contribution in [-0.2, 0) is 14.3 Å². The Morgan fingerprint density at radius 1 is 0.978 bits per heavy atom. The number of carbonyl (C=O) groups is 2. The number of hydrogen-bond acceptors (Lipinski definition) is 10. The second kappa shape index (κ2) is 13.6. The van der Waals surface area contributed by atoms with Crippen molar-refractivity contribution in [2.45, 2.75) is 19.3 Å². The van der Waals surface area contributed by atoms with Gasteiger partial charge in [0.15, 0.2) is 11.3 Å². The van der Waals surface area contributed by atoms with E-state index in [1.165, 1.54) is 49.8 Å². The zero-order chi connectivity index (χ0) is 32.1. The van der Waals surface area contributed by atoms with Crippen LogP contribution in [0.4, 0.5) is 20.2 Å². The molecule has 0 bridgehead atoms. The van der Waals surface area contributed by atoms with Crippen molar-refractivity contribution in [3.63, 3.8) is 0 Å². The lowest BCUT2D eigenvalue weighted by atomic mass is 10.0. The van der Waals surface area contributed by atoms with Crippen molar-refractivity contribution >= 4 is 34.2 Å². The first-order valence-corrected chi connectivity index (χ1v) is 14.8. The third kappa shape index (κ3) is 6.97. The van der Waals surface area contributed by atoms with Crippen molar-refractivity contribution in [1.82, 2.24) is 19.9 Å². The summed E-state index contributed by atoms with van der Waals surface area (Å²) in [5.74, 6) is -1.62. The molecule has 0 radical (unpaired) electrons. The third-order valence-corrected chi connectivity index (χ3v) is 7.81. The second-order valence-electron chi connectivity index (χ2n) is 10.9. The summed E-state index contributed by atoms with van der Waals surface area (Å²) in [4.78, 5) is 41.1. The molecule has 46 heavy (non-hydrogen) atoms. The number of rotatable bonds is 12. The average Bonchev–Trinajstić information content (AvgIpc) is 3.88. The van der Waals surface area contributed by atoms with Crippen LogP contribution in [-0.4, -0.2) is 78.2 Å². The molecular formula is C32H32F2N6O6. The van der Waals surface area contributed by atoms with Gasteiger partial charge in [0, 0.05) is 37.5 Å². The van der Waals surface area contributed by atoms with Crippen LogP contribution < -0.4 is 24.8 Å². The molecule has 0 unspecified atom stereocenters. The Kier molecular flexibility index (Phi) is 9.17. The highest BCUT2D eigenvalue weighted by molar-refractivity contribution is 6.16. The van der Waals surface area contributed by atoms with Gasteiger partial charge in [0.2, 0.25) is 17.7 Å². The van der Waals surface area contributed by atoms with Gasteiger partial charge < -0.3 is 29.6 Å². The molecule has 2 fully saturated rings. The molecule has 0 atom stereocenters. The molecule has 2 N–H and O–H groups in total. The highest BCUT2D eigenvalue weighted by Crippen LogP contribution is 2.47. The average molecular weight is 635 g/mol. The van der Waals surface area contributed by atoms with E-state index in [1.807, 2.05) is 0 Å². The molecule has 2 aliphatic rings. The summed E-state index contributed by atoms with van der Waals surface area (Å²) in [6.45, 7) is 4.63. The van der Waals surface area contributed by atoms with Crippen molar-refractivity contribution in [2.24, 2.45) is 5.41 Å². The van der Waals surface area contributed by atoms with Crippen LogP contribution in [0.5, 0.6) is 23.3 Å². The predicted molar refractivity (Wildman–Crippen MR) is 163 cm³/mol. The minimum absolute atomic E-state index is 0.0627. The fraction of sp³-hybridized carbons (Fsp3) is 0.344. The number of nitrogens with one attached hydrogen (secondary N) is 2. The molecule has 4 aromatic rings. The van der Waals surface area contributed by atoms with E-state index < -0.39 is 28.9 Å². The molecule has 6 rings (SSSR count). The lowest BCUT2D eigenvalue weighted by Crippen LogP contribution is -2.37. The molecule has 2 aromatic carbocycles. The molecule has 0 spiro atoms. The van der Waals surface area contributed by atoms with Crippen molar-refractivity contribution in [1.29, 1.82) is 0 Å². The first-order chi connectivity index (χ1) is 22.3. The molecule has 1 aliphatic heterocycles. The number of nitrogens with zero attached hydrogens (tertiary/aromatic N) is 4. The van der Waals surface area contributed by atoms with E-state index in [4.69, 9.17) is 18.9 Å². The minimum atomic E-state index is -1.34. The summed E-state index contributed by atoms with van der Waals surface area (Å²) in [5.41, 5.74) is -0.398. The summed E-state index contributed by atoms with van der Waals surface area (Å²) in [6.07, 6.45) is 2.71. The summed E-state index contributed by atoms with van der Waals surface area (Å²) < 4.78 is 51.0. The standard InChI is InChI=1S/C32H32F2N6O6/c1-43-28-26(45-14-2-11-40-12-15-44-16-13-40)18-25-27(39-28)29(36-19-35-25)46-22-7-8-24(23(34)17-22)38-31(42)32(9-10-32)30(41)37-21-5-3-20(33)4-6-21/h3-8,17-19H,2,9-16H2,1H3,(H,37,41)(H,38,42). The lowest BCUT2D eigenvalue weighted by Gasteiger charge is -2.26. The van der Waals surface area contributed by atoms with E-state index in [0.717, 1.165) is 45.3 Å². The van der Waals surface area contributed by atoms with Gasteiger partial charge in [-0.25, -0.2) is 18.7 Å². The Balaban J connectivity index is 1.10. The van der Waals surface area contributed by atoms with Crippen LogP contribution in [0.2, 0.25) is 0 Å². The van der Waals surface area contributed by atoms with Gasteiger partial charge >= 0.3 is 0 Å². The number of methoxy groups -OCH3 is 1. The fourth-order valence-corrected chi connectivity index (χ4v) is 5.03. The zero-order valence-corrected chi connectivity index (χ0v) is 25.1. The van der Waals surface area contributed by atoms with E-state index in [1.54, 1.807) is 6.07 Å². The lowest BCUT2D eigenvalue weighted by molar-refractivity contribution is -0.131. The molecular weight excluding hydrogens is 602 g/mol. The van der Waals surface area contributed by atoms with Crippen LogP contribution >= 0.6 is 0 Å². The number of halogens is 2. The SMILES string of the molecule is COc1nc2c(Oc3ccc(NC(=O)C4(C(=O)Nc5ccc(F)cc5)CC4)c(F)c3)ncnc2cc1OCCCN1CCOCC1. The van der Waals surface area contributed by atoms with E-state index >= 15 is 4.39 Å². The van der Waals surface area contributed by atoms with Crippen LogP contribution in [0.25, 0.3) is 11.0 Å². The first-order valence-electron chi connectivity index (χ1n) is 14.8. The number of fused-ring (bicyclic) bond motifs is 1. The maximum absolute atomic E-state index is 15.1. The normalized spacial score (nSPS) is 15.6. The number of morpholine rings is 1. The molecule has 12 nitrogen and oxygen atoms in total. The number of anilines is 2. The number of aromatic nitrogens is 3. The highest BCUT2D eigenvalue weighted by Gasteiger charge is 2.56. The predicted octanol–water partition coefficient (Wildman–Crippen LogP) is 4.56. The molecule has 1 aliphatic carbocycles. The Morgan fingerprint density at radius 3 is 2.46 bits per heavy atom. The van der Waals surface area contributed by atoms with Gasteiger partial charge in [-0.15, -0.1) is 0 Å². The number of ether oxygens (including phenoxy) is 4. The molecule has 14 heteroatoms. The van der Waals surface area contributed by atoms with Gasteiger partial charge in [0.25, 0.3) is 5.88 Å². The number of amides is 2. The fourth-order valence-electron chi connectivity index (χ4n) is 5.03. The summed E-state index contributed by atoms with van der Waals surface area (Å²) in [5, 5.41) is 5.12. The van der Waals surface area contributed by atoms with Crippen molar-refractivity contribution in [2.75, 3.05) is 57.2 Å². The zero-order valence-electron chi connectivity index (χ0n) is 25.1. The van der Waals surface area contributed by atoms with E-state index in [0.29, 0.717) is 36.4 Å². The molecule has 240 valence electrons. The van der Waals surface area contributed by atoms with Crippen LogP contribution in [0, 0.1) is 17.0 Å². The topological polar surface area (TPSA) is 137 Å². The summed E-state index contributed by atoms with van der Waals surface area (Å²) in [6, 6.07) is 10.7. The molecule has 3 heterocycles.